The van der Waals surface area contributed by atoms with E-state index in [1.165, 1.54) is 12.1 Å². The van der Waals surface area contributed by atoms with Crippen LogP contribution in [0.2, 0.25) is 0 Å². The van der Waals surface area contributed by atoms with Gasteiger partial charge in [-0.3, -0.25) is 0 Å². The summed E-state index contributed by atoms with van der Waals surface area (Å²) in [5.41, 5.74) is 0. The summed E-state index contributed by atoms with van der Waals surface area (Å²) in [7, 11) is -2.23. The Hall–Kier alpha value is -1.14. The van der Waals surface area contributed by atoms with E-state index >= 15 is 0 Å². The molecule has 0 aliphatic heterocycles. The highest BCUT2D eigenvalue weighted by Gasteiger charge is 2.10. The highest BCUT2D eigenvalue weighted by atomic mass is 31.2. The SMILES string of the molecule is CP(C)(=O)c1ccc2cc(F)ccc2c1. The summed E-state index contributed by atoms with van der Waals surface area (Å²) >= 11 is 0. The monoisotopic (exact) mass is 222 g/mol. The van der Waals surface area contributed by atoms with Crippen molar-refractivity contribution in [2.45, 2.75) is 0 Å². The first kappa shape index (κ1) is 10.4. The lowest BCUT2D eigenvalue weighted by Crippen LogP contribution is -2.01. The molecule has 0 N–H and O–H groups in total. The molecule has 0 radical (unpaired) electrons. The van der Waals surface area contributed by atoms with E-state index in [0.29, 0.717) is 0 Å². The van der Waals surface area contributed by atoms with Crippen LogP contribution in [0.1, 0.15) is 0 Å². The minimum atomic E-state index is -2.23. The largest absolute Gasteiger partial charge is 0.319 e. The number of halogens is 1. The van der Waals surface area contributed by atoms with Gasteiger partial charge in [-0.2, -0.15) is 0 Å². The van der Waals surface area contributed by atoms with Gasteiger partial charge in [0.15, 0.2) is 0 Å². The summed E-state index contributed by atoms with van der Waals surface area (Å²) in [5, 5.41) is 2.60. The van der Waals surface area contributed by atoms with Gasteiger partial charge in [0, 0.05) is 5.30 Å². The second-order valence-electron chi connectivity index (χ2n) is 4.03. The van der Waals surface area contributed by atoms with Crippen LogP contribution in [0.3, 0.4) is 0 Å². The molecular weight excluding hydrogens is 210 g/mol. The molecule has 0 unspecified atom stereocenters. The Morgan fingerprint density at radius 3 is 2.27 bits per heavy atom. The quantitative estimate of drug-likeness (QED) is 0.677. The van der Waals surface area contributed by atoms with E-state index in [-0.39, 0.29) is 5.82 Å². The molecule has 0 saturated carbocycles. The predicted octanol–water partition coefficient (Wildman–Crippen LogP) is 3.23. The molecule has 2 aromatic rings. The average molecular weight is 222 g/mol. The second kappa shape index (κ2) is 3.46. The van der Waals surface area contributed by atoms with Crippen molar-refractivity contribution < 1.29 is 8.96 Å². The van der Waals surface area contributed by atoms with Gasteiger partial charge in [-0.15, -0.1) is 0 Å². The maximum atomic E-state index is 12.9. The Labute approximate surface area is 88.3 Å². The first-order valence-electron chi connectivity index (χ1n) is 4.72. The standard InChI is InChI=1S/C12H12FOP/c1-15(2,14)12-6-4-9-7-11(13)5-3-10(9)8-12/h3-8H,1-2H3. The van der Waals surface area contributed by atoms with Crippen LogP contribution in [-0.4, -0.2) is 13.3 Å². The molecule has 0 aliphatic rings. The Bertz CT molecular complexity index is 557. The molecule has 0 aromatic heterocycles. The van der Waals surface area contributed by atoms with Crippen LogP contribution in [0.5, 0.6) is 0 Å². The maximum absolute atomic E-state index is 12.9. The van der Waals surface area contributed by atoms with E-state index in [1.807, 2.05) is 18.2 Å². The highest BCUT2D eigenvalue weighted by Crippen LogP contribution is 2.35. The van der Waals surface area contributed by atoms with Gasteiger partial charge in [-0.05, 0) is 42.3 Å². The van der Waals surface area contributed by atoms with Crippen molar-refractivity contribution in [3.8, 4) is 0 Å². The van der Waals surface area contributed by atoms with Gasteiger partial charge >= 0.3 is 0 Å². The first-order valence-corrected chi connectivity index (χ1v) is 7.32. The molecule has 0 spiro atoms. The van der Waals surface area contributed by atoms with Gasteiger partial charge in [0.25, 0.3) is 0 Å². The minimum absolute atomic E-state index is 0.244. The first-order chi connectivity index (χ1) is 6.97. The molecule has 3 heteroatoms. The van der Waals surface area contributed by atoms with E-state index in [4.69, 9.17) is 0 Å². The third-order valence-electron chi connectivity index (χ3n) is 2.41. The van der Waals surface area contributed by atoms with Crippen molar-refractivity contribution in [1.82, 2.24) is 0 Å². The fourth-order valence-electron chi connectivity index (χ4n) is 1.54. The topological polar surface area (TPSA) is 17.1 Å². The minimum Gasteiger partial charge on any atom is -0.319 e. The van der Waals surface area contributed by atoms with Crippen molar-refractivity contribution in [2.75, 3.05) is 13.3 Å². The van der Waals surface area contributed by atoms with Crippen molar-refractivity contribution in [1.29, 1.82) is 0 Å². The molecule has 0 heterocycles. The Kier molecular flexibility index (Phi) is 2.40. The zero-order valence-electron chi connectivity index (χ0n) is 8.70. The Morgan fingerprint density at radius 1 is 1.00 bits per heavy atom. The zero-order valence-corrected chi connectivity index (χ0v) is 9.59. The molecule has 78 valence electrons. The smallest absolute Gasteiger partial charge is 0.123 e. The van der Waals surface area contributed by atoms with Crippen LogP contribution in [-0.2, 0) is 4.57 Å². The summed E-state index contributed by atoms with van der Waals surface area (Å²) in [6, 6.07) is 10.1. The molecule has 1 nitrogen and oxygen atoms in total. The van der Waals surface area contributed by atoms with E-state index < -0.39 is 7.14 Å². The van der Waals surface area contributed by atoms with Crippen LogP contribution >= 0.6 is 7.14 Å². The van der Waals surface area contributed by atoms with Gasteiger partial charge in [0.1, 0.15) is 13.0 Å². The molecule has 0 aliphatic carbocycles. The molecule has 15 heavy (non-hydrogen) atoms. The van der Waals surface area contributed by atoms with Gasteiger partial charge in [-0.1, -0.05) is 18.2 Å². The molecule has 0 atom stereocenters. The lowest BCUT2D eigenvalue weighted by molar-refractivity contribution is 0.588. The fraction of sp³-hybridized carbons (Fsp3) is 0.167. The summed E-state index contributed by atoms with van der Waals surface area (Å²) in [6.45, 7) is 3.47. The van der Waals surface area contributed by atoms with Gasteiger partial charge in [-0.25, -0.2) is 4.39 Å². The van der Waals surface area contributed by atoms with Crippen LogP contribution in [0.25, 0.3) is 10.8 Å². The highest BCUT2D eigenvalue weighted by molar-refractivity contribution is 7.70. The van der Waals surface area contributed by atoms with E-state index in [0.717, 1.165) is 16.1 Å². The third-order valence-corrected chi connectivity index (χ3v) is 3.93. The molecule has 0 bridgehead atoms. The van der Waals surface area contributed by atoms with Crippen LogP contribution in [0.4, 0.5) is 4.39 Å². The van der Waals surface area contributed by atoms with Crippen LogP contribution in [0, 0.1) is 5.82 Å². The zero-order chi connectivity index (χ0) is 11.1. The number of rotatable bonds is 1. The summed E-state index contributed by atoms with van der Waals surface area (Å²) in [5.74, 6) is -0.244. The molecule has 0 fully saturated rings. The van der Waals surface area contributed by atoms with Gasteiger partial charge in [0.05, 0.1) is 0 Å². The predicted molar refractivity (Wildman–Crippen MR) is 63.0 cm³/mol. The second-order valence-corrected chi connectivity index (χ2v) is 7.24. The van der Waals surface area contributed by atoms with Crippen molar-refractivity contribution in [3.63, 3.8) is 0 Å². The third kappa shape index (κ3) is 2.10. The molecule has 0 saturated heterocycles. The molecular formula is C12H12FOP. The molecule has 2 aromatic carbocycles. The van der Waals surface area contributed by atoms with Crippen molar-refractivity contribution in [2.24, 2.45) is 0 Å². The summed E-state index contributed by atoms with van der Waals surface area (Å²) < 4.78 is 24.8. The van der Waals surface area contributed by atoms with Crippen LogP contribution < -0.4 is 5.30 Å². The van der Waals surface area contributed by atoms with Gasteiger partial charge in [0.2, 0.25) is 0 Å². The van der Waals surface area contributed by atoms with E-state index in [2.05, 4.69) is 0 Å². The lowest BCUT2D eigenvalue weighted by Gasteiger charge is -2.07. The number of hydrogen-bond donors (Lipinski definition) is 0. The average Bonchev–Trinajstić information content (AvgIpc) is 2.15. The molecule has 0 amide bonds. The summed E-state index contributed by atoms with van der Waals surface area (Å²) in [4.78, 5) is 0. The lowest BCUT2D eigenvalue weighted by atomic mass is 10.1. The number of benzene rings is 2. The normalized spacial score (nSPS) is 11.9. The van der Waals surface area contributed by atoms with E-state index in [1.54, 1.807) is 19.4 Å². The number of hydrogen-bond acceptors (Lipinski definition) is 1. The summed E-state index contributed by atoms with van der Waals surface area (Å²) in [6.07, 6.45) is 0. The molecule has 2 rings (SSSR count). The van der Waals surface area contributed by atoms with Gasteiger partial charge < -0.3 is 4.57 Å². The maximum Gasteiger partial charge on any atom is 0.123 e. The van der Waals surface area contributed by atoms with Crippen molar-refractivity contribution in [3.05, 3.63) is 42.2 Å². The Balaban J connectivity index is 2.67. The Morgan fingerprint density at radius 2 is 1.60 bits per heavy atom. The van der Waals surface area contributed by atoms with E-state index in [9.17, 15) is 8.96 Å². The van der Waals surface area contributed by atoms with Crippen molar-refractivity contribution >= 4 is 23.2 Å². The fourth-order valence-corrected chi connectivity index (χ4v) is 2.42. The van der Waals surface area contributed by atoms with Crippen LogP contribution in [0.15, 0.2) is 36.4 Å². The number of fused-ring (bicyclic) bond motifs is 1.